The fourth-order valence-corrected chi connectivity index (χ4v) is 7.61. The molecule has 4 nitrogen and oxygen atoms in total. The van der Waals surface area contributed by atoms with Crippen LogP contribution >= 0.6 is 7.74 Å². The minimum Gasteiger partial charge on any atom is -0.505 e. The Morgan fingerprint density at radius 3 is 0.980 bits per heavy atom. The Balaban J connectivity index is 2.55. The van der Waals surface area contributed by atoms with Gasteiger partial charge in [0, 0.05) is 0 Å². The van der Waals surface area contributed by atoms with Crippen molar-refractivity contribution in [3.63, 3.8) is 0 Å². The highest BCUT2D eigenvalue weighted by Crippen LogP contribution is 2.58. The summed E-state index contributed by atoms with van der Waals surface area (Å²) < 4.78 is 249. The second kappa shape index (κ2) is 14.6. The Labute approximate surface area is 278 Å². The van der Waals surface area contributed by atoms with Gasteiger partial charge in [-0.05, 0) is 38.8 Å². The molecule has 21 heteroatoms. The first-order valence-electron chi connectivity index (χ1n) is 14.1. The van der Waals surface area contributed by atoms with Crippen molar-refractivity contribution in [1.29, 1.82) is 0 Å². The van der Waals surface area contributed by atoms with E-state index in [0.29, 0.717) is 0 Å². The summed E-state index contributed by atoms with van der Waals surface area (Å²) in [4.78, 5) is 0. The molecule has 0 amide bonds. The molecule has 0 aromatic heterocycles. The smallest absolute Gasteiger partial charge is 0.317 e. The van der Waals surface area contributed by atoms with E-state index in [1.165, 1.54) is 32.0 Å². The largest absolute Gasteiger partial charge is 0.505 e. The van der Waals surface area contributed by atoms with Gasteiger partial charge >= 0.3 is 7.74 Å². The van der Waals surface area contributed by atoms with Crippen molar-refractivity contribution in [3.8, 4) is 0 Å². The van der Waals surface area contributed by atoms with Crippen molar-refractivity contribution in [2.45, 2.75) is 27.7 Å². The van der Waals surface area contributed by atoms with E-state index < -0.39 is 131 Å². The molecule has 0 radical (unpaired) electrons. The van der Waals surface area contributed by atoms with Gasteiger partial charge < -0.3 is 13.5 Å². The van der Waals surface area contributed by atoms with Crippen molar-refractivity contribution in [3.05, 3.63) is 117 Å². The monoisotopic (exact) mass is 768 g/mol. The molecule has 4 aromatic rings. The molecule has 4 aromatic carbocycles. The van der Waals surface area contributed by atoms with Crippen LogP contribution < -0.4 is 16.4 Å². The second-order valence-corrected chi connectivity index (χ2v) is 12.4. The van der Waals surface area contributed by atoms with Gasteiger partial charge in [0.1, 0.15) is 34.9 Å². The Kier molecular flexibility index (Phi) is 11.4. The standard InChI is InChI=1S/C30H19BF15NO3P/c1-5-48-51(49-6-2,47-30-10(3)8-7-9-11(30)4)50-31(12-15(32)21(38)27(44)22(39)16(12)33,13-17(34)23(40)28(45)24(41)18(13)35)14-19(36)25(42)29(46)26(43)20(14)37/h7-9H,5-6H2,1-4H3/q-1. The van der Waals surface area contributed by atoms with Crippen LogP contribution in [-0.4, -0.2) is 19.6 Å². The van der Waals surface area contributed by atoms with E-state index in [0.717, 1.165) is 13.8 Å². The van der Waals surface area contributed by atoms with Crippen molar-refractivity contribution < 1.29 is 79.3 Å². The molecule has 0 atom stereocenters. The Morgan fingerprint density at radius 2 is 0.725 bits per heavy atom. The second-order valence-electron chi connectivity index (χ2n) is 10.5. The number of benzene rings is 4. The van der Waals surface area contributed by atoms with Gasteiger partial charge in [0.15, 0.2) is 52.4 Å². The van der Waals surface area contributed by atoms with Crippen LogP contribution in [0.4, 0.5) is 71.5 Å². The van der Waals surface area contributed by atoms with E-state index in [1.807, 2.05) is 0 Å². The molecule has 0 N–H and O–H groups in total. The van der Waals surface area contributed by atoms with Gasteiger partial charge in [-0.1, -0.05) is 34.6 Å². The zero-order valence-electron chi connectivity index (χ0n) is 26.0. The topological polar surface area (TPSA) is 40.0 Å². The molecule has 0 aliphatic carbocycles. The van der Waals surface area contributed by atoms with Crippen molar-refractivity contribution in [2.75, 3.05) is 13.2 Å². The minimum absolute atomic E-state index is 0.115. The van der Waals surface area contributed by atoms with E-state index in [2.05, 4.69) is 4.74 Å². The van der Waals surface area contributed by atoms with Gasteiger partial charge in [-0.25, -0.2) is 65.9 Å². The quantitative estimate of drug-likeness (QED) is 0.0533. The first-order valence-corrected chi connectivity index (χ1v) is 15.6. The molecular formula is C30H19BF15NO3P-. The lowest BCUT2D eigenvalue weighted by Crippen LogP contribution is -2.74. The van der Waals surface area contributed by atoms with Crippen LogP contribution in [-0.2, 0) is 13.5 Å². The molecule has 0 heterocycles. The van der Waals surface area contributed by atoms with Crippen LogP contribution in [0, 0.1) is 101 Å². The number of hydrogen-bond acceptors (Lipinski definition) is 4. The summed E-state index contributed by atoms with van der Waals surface area (Å²) in [6.07, 6.45) is -6.46. The summed E-state index contributed by atoms with van der Waals surface area (Å²) in [5.41, 5.74) is -9.01. The highest BCUT2D eigenvalue weighted by molar-refractivity contribution is 7.54. The highest BCUT2D eigenvalue weighted by Gasteiger charge is 2.52. The summed E-state index contributed by atoms with van der Waals surface area (Å²) in [6.45, 7) is 3.21. The third kappa shape index (κ3) is 6.29. The maximum Gasteiger partial charge on any atom is 0.317 e. The van der Waals surface area contributed by atoms with E-state index in [-0.39, 0.29) is 16.8 Å². The number of halogens is 15. The van der Waals surface area contributed by atoms with Gasteiger partial charge in [-0.2, -0.15) is 4.74 Å². The average molecular weight is 768 g/mol. The van der Waals surface area contributed by atoms with E-state index in [1.54, 1.807) is 0 Å². The fourth-order valence-electron chi connectivity index (χ4n) is 5.32. The average Bonchev–Trinajstić information content (AvgIpc) is 3.08. The third-order valence-electron chi connectivity index (χ3n) is 7.49. The number of aryl methyl sites for hydroxylation is 2. The van der Waals surface area contributed by atoms with Gasteiger partial charge in [0.2, 0.25) is 6.35 Å². The Morgan fingerprint density at radius 1 is 0.471 bits per heavy atom. The molecule has 0 unspecified atom stereocenters. The van der Waals surface area contributed by atoms with Crippen LogP contribution in [0.25, 0.3) is 0 Å². The molecule has 51 heavy (non-hydrogen) atoms. The van der Waals surface area contributed by atoms with Gasteiger partial charge in [0.05, 0.1) is 18.9 Å². The molecule has 0 spiro atoms. The Hall–Kier alpha value is -4.00. The van der Waals surface area contributed by atoms with Crippen molar-refractivity contribution in [1.82, 2.24) is 0 Å². The van der Waals surface area contributed by atoms with Crippen LogP contribution in [0.2, 0.25) is 0 Å². The maximum absolute atomic E-state index is 16.0. The summed E-state index contributed by atoms with van der Waals surface area (Å²) in [5.74, 6) is -47.7. The first kappa shape index (κ1) is 39.8. The fraction of sp³-hybridized carbons (Fsp3) is 0.200. The molecule has 0 saturated carbocycles. The maximum atomic E-state index is 16.0. The lowest BCUT2D eigenvalue weighted by molar-refractivity contribution is 0.208. The van der Waals surface area contributed by atoms with Crippen molar-refractivity contribution in [2.24, 2.45) is 4.74 Å². The molecule has 0 saturated heterocycles. The van der Waals surface area contributed by atoms with E-state index >= 15 is 26.3 Å². The van der Waals surface area contributed by atoms with E-state index in [4.69, 9.17) is 13.5 Å². The van der Waals surface area contributed by atoms with Gasteiger partial charge in [-0.15, -0.1) is 0 Å². The first-order chi connectivity index (χ1) is 23.8. The van der Waals surface area contributed by atoms with Crippen LogP contribution in [0.5, 0.6) is 0 Å². The van der Waals surface area contributed by atoms with Crippen molar-refractivity contribution >= 4 is 36.2 Å². The predicted molar refractivity (Wildman–Crippen MR) is 153 cm³/mol. The SMILES string of the molecule is CCOP(=Nc1c(C)cccc1C)(OCC)O[B-](c1c(F)c(F)c(F)c(F)c1F)(c1c(F)c(F)c(F)c(F)c1F)c1c(F)c(F)c(F)c(F)c1F. The number of nitrogens with zero attached hydrogens (tertiary/aromatic N) is 1. The lowest BCUT2D eigenvalue weighted by atomic mass is 9.28. The summed E-state index contributed by atoms with van der Waals surface area (Å²) in [6, 6.07) is 4.09. The van der Waals surface area contributed by atoms with Crippen LogP contribution in [0.15, 0.2) is 22.9 Å². The molecule has 0 aliphatic heterocycles. The van der Waals surface area contributed by atoms with Gasteiger partial charge in [0.25, 0.3) is 0 Å². The molecule has 0 aliphatic rings. The zero-order valence-corrected chi connectivity index (χ0v) is 26.9. The normalized spacial score (nSPS) is 12.2. The number of rotatable bonds is 10. The van der Waals surface area contributed by atoms with E-state index in [9.17, 15) is 39.5 Å². The summed E-state index contributed by atoms with van der Waals surface area (Å²) in [7, 11) is -5.50. The van der Waals surface area contributed by atoms with Gasteiger partial charge in [-0.3, -0.25) is 0 Å². The zero-order chi connectivity index (χ0) is 38.5. The highest BCUT2D eigenvalue weighted by atomic mass is 31.2. The Bertz CT molecular complexity index is 1850. The number of hydrogen-bond donors (Lipinski definition) is 0. The minimum atomic E-state index is -6.46. The summed E-state index contributed by atoms with van der Waals surface area (Å²) in [5, 5.41) is 0. The molecule has 0 fully saturated rings. The molecular weight excluding hydrogens is 749 g/mol. The molecule has 0 bridgehead atoms. The summed E-state index contributed by atoms with van der Waals surface area (Å²) >= 11 is 0. The third-order valence-corrected chi connectivity index (χ3v) is 9.69. The lowest BCUT2D eigenvalue weighted by Gasteiger charge is -2.47. The molecule has 276 valence electrons. The predicted octanol–water partition coefficient (Wildman–Crippen LogP) is 8.72. The molecule has 4 rings (SSSR count). The van der Waals surface area contributed by atoms with Crippen LogP contribution in [0.3, 0.4) is 0 Å². The van der Waals surface area contributed by atoms with Crippen LogP contribution in [0.1, 0.15) is 25.0 Å².